The quantitative estimate of drug-likeness (QED) is 0.280. The van der Waals surface area contributed by atoms with Crippen LogP contribution in [0.3, 0.4) is 0 Å². The van der Waals surface area contributed by atoms with Gasteiger partial charge in [-0.3, -0.25) is 4.79 Å². The minimum atomic E-state index is -1.71. The molecule has 2 heterocycles. The zero-order chi connectivity index (χ0) is 26.8. The summed E-state index contributed by atoms with van der Waals surface area (Å²) in [4.78, 5) is 26.6. The standard InChI is InChI=1S/C29H40O8/c1-10-7-16-28(5,29(6,35)25(34)37-16)13-8-12-17-19(20(30)11(2)26(12,3)18(10)13)27(4)14(21(31)22(17)32)9-15-23(36-15)24(27)33/h7,10-15,17-20,22-24,30,32-33,35H,8-9H2,1-6H3/t10?,11?,12-,13+,14+,15-,17-,18-,19+,20?,22+,23-,24?,26-,27-,28+,29+/m0/s1. The first-order valence-electron chi connectivity index (χ1n) is 14.0. The number of aliphatic hydroxyl groups is 4. The Balaban J connectivity index is 1.39. The van der Waals surface area contributed by atoms with Gasteiger partial charge in [0.2, 0.25) is 0 Å². The molecule has 6 fully saturated rings. The van der Waals surface area contributed by atoms with Crippen molar-refractivity contribution in [3.8, 4) is 0 Å². The molecule has 2 aliphatic heterocycles. The van der Waals surface area contributed by atoms with Crippen LogP contribution in [0.4, 0.5) is 0 Å². The number of epoxide rings is 1. The van der Waals surface area contributed by atoms with E-state index in [1.165, 1.54) is 6.92 Å². The summed E-state index contributed by atoms with van der Waals surface area (Å²) in [6.07, 6.45) is -0.423. The van der Waals surface area contributed by atoms with Crippen molar-refractivity contribution in [2.75, 3.05) is 0 Å². The summed E-state index contributed by atoms with van der Waals surface area (Å²) in [5, 5.41) is 46.6. The number of carbonyl (C=O) groups excluding carboxylic acids is 2. The Morgan fingerprint density at radius 3 is 2.30 bits per heavy atom. The van der Waals surface area contributed by atoms with E-state index in [0.717, 1.165) is 0 Å². The van der Waals surface area contributed by atoms with Crippen LogP contribution in [0.25, 0.3) is 0 Å². The van der Waals surface area contributed by atoms with Crippen LogP contribution in [0.2, 0.25) is 0 Å². The number of allylic oxidation sites excluding steroid dienone is 1. The van der Waals surface area contributed by atoms with E-state index >= 15 is 0 Å². The van der Waals surface area contributed by atoms with Gasteiger partial charge < -0.3 is 29.9 Å². The molecule has 0 aromatic rings. The summed E-state index contributed by atoms with van der Waals surface area (Å²) in [5.41, 5.74) is -4.03. The van der Waals surface area contributed by atoms with Gasteiger partial charge in [0.25, 0.3) is 0 Å². The molecule has 0 bridgehead atoms. The molecule has 2 saturated heterocycles. The highest BCUT2D eigenvalue weighted by molar-refractivity contribution is 5.88. The van der Waals surface area contributed by atoms with Crippen LogP contribution in [0.5, 0.6) is 0 Å². The van der Waals surface area contributed by atoms with Gasteiger partial charge in [0.05, 0.1) is 23.7 Å². The Labute approximate surface area is 217 Å². The number of ether oxygens (including phenoxy) is 2. The second-order valence-corrected chi connectivity index (χ2v) is 14.4. The molecule has 37 heavy (non-hydrogen) atoms. The van der Waals surface area contributed by atoms with E-state index < -0.39 is 63.9 Å². The predicted molar refractivity (Wildman–Crippen MR) is 129 cm³/mol. The maximum atomic E-state index is 13.8. The molecule has 0 aromatic carbocycles. The zero-order valence-corrected chi connectivity index (χ0v) is 22.4. The molecule has 7 aliphatic rings. The van der Waals surface area contributed by atoms with E-state index in [9.17, 15) is 30.0 Å². The van der Waals surface area contributed by atoms with Crippen LogP contribution in [-0.4, -0.2) is 68.3 Å². The van der Waals surface area contributed by atoms with Gasteiger partial charge in [-0.05, 0) is 73.7 Å². The molecule has 0 spiro atoms. The molecular formula is C29H40O8. The number of Topliss-reactive ketones (excluding diaryl/α,β-unsaturated/α-hetero) is 1. The number of aliphatic hydroxyl groups excluding tert-OH is 3. The number of esters is 1. The van der Waals surface area contributed by atoms with Crippen molar-refractivity contribution in [3.05, 3.63) is 11.8 Å². The Morgan fingerprint density at radius 2 is 1.62 bits per heavy atom. The van der Waals surface area contributed by atoms with Crippen LogP contribution in [0, 0.1) is 63.6 Å². The Kier molecular flexibility index (Phi) is 4.59. The molecule has 7 rings (SSSR count). The number of hydrogen-bond donors (Lipinski definition) is 4. The van der Waals surface area contributed by atoms with Gasteiger partial charge in [0.15, 0.2) is 11.4 Å². The first kappa shape index (κ1) is 24.7. The van der Waals surface area contributed by atoms with Gasteiger partial charge in [0, 0.05) is 17.3 Å². The largest absolute Gasteiger partial charge is 0.429 e. The van der Waals surface area contributed by atoms with Crippen molar-refractivity contribution in [2.45, 2.75) is 90.5 Å². The van der Waals surface area contributed by atoms with Gasteiger partial charge >= 0.3 is 5.97 Å². The molecule has 4 saturated carbocycles. The smallest absolute Gasteiger partial charge is 0.343 e. The maximum Gasteiger partial charge on any atom is 0.343 e. The normalized spacial score (nSPS) is 65.4. The third kappa shape index (κ3) is 2.42. The first-order valence-corrected chi connectivity index (χ1v) is 14.0. The molecule has 4 N–H and O–H groups in total. The van der Waals surface area contributed by atoms with Crippen LogP contribution in [0.1, 0.15) is 54.4 Å². The number of rotatable bonds is 0. The third-order valence-electron chi connectivity index (χ3n) is 13.6. The fourth-order valence-electron chi connectivity index (χ4n) is 11.2. The number of fused-ring (bicyclic) bond motifs is 10. The van der Waals surface area contributed by atoms with Crippen molar-refractivity contribution in [1.82, 2.24) is 0 Å². The van der Waals surface area contributed by atoms with E-state index in [1.807, 2.05) is 19.9 Å². The summed E-state index contributed by atoms with van der Waals surface area (Å²) in [6, 6.07) is 0. The van der Waals surface area contributed by atoms with Crippen molar-refractivity contribution in [2.24, 2.45) is 63.6 Å². The lowest BCUT2D eigenvalue weighted by Crippen LogP contribution is -2.71. The molecule has 0 amide bonds. The van der Waals surface area contributed by atoms with Crippen LogP contribution in [0.15, 0.2) is 11.8 Å². The molecule has 0 aromatic heterocycles. The molecule has 8 nitrogen and oxygen atoms in total. The second kappa shape index (κ2) is 6.87. The summed E-state index contributed by atoms with van der Waals surface area (Å²) in [7, 11) is 0. The van der Waals surface area contributed by atoms with Gasteiger partial charge in [-0.2, -0.15) is 0 Å². The Hall–Kier alpha value is -1.32. The molecular weight excluding hydrogens is 476 g/mol. The molecule has 5 aliphatic carbocycles. The van der Waals surface area contributed by atoms with Crippen LogP contribution < -0.4 is 0 Å². The topological polar surface area (TPSA) is 137 Å². The summed E-state index contributed by atoms with van der Waals surface area (Å²) < 4.78 is 11.3. The van der Waals surface area contributed by atoms with E-state index in [1.54, 1.807) is 0 Å². The molecule has 17 atom stereocenters. The summed E-state index contributed by atoms with van der Waals surface area (Å²) in [6.45, 7) is 11.7. The molecule has 0 radical (unpaired) electrons. The van der Waals surface area contributed by atoms with Gasteiger partial charge in [0.1, 0.15) is 18.0 Å². The third-order valence-corrected chi connectivity index (χ3v) is 13.6. The molecule has 8 heteroatoms. The lowest BCUT2D eigenvalue weighted by molar-refractivity contribution is -0.239. The SMILES string of the molecule is CC1C=C2OC(=O)[C@@](C)(O)[C@]2(C)[C@@H]2C[C@H]3[C@@H]4[C@@H](O)C(=O)[C@H]5C[C@@H]6O[C@@H]6C(O)[C@]5(C)[C@H]4C(O)C(C)[C@]3(C)[C@@H]12. The number of hydrogen-bond acceptors (Lipinski definition) is 8. The monoisotopic (exact) mass is 516 g/mol. The fraction of sp³-hybridized carbons (Fsp3) is 0.862. The van der Waals surface area contributed by atoms with E-state index in [4.69, 9.17) is 9.47 Å². The minimum Gasteiger partial charge on any atom is -0.429 e. The summed E-state index contributed by atoms with van der Waals surface area (Å²) >= 11 is 0. The van der Waals surface area contributed by atoms with Crippen LogP contribution in [-0.2, 0) is 19.1 Å². The highest BCUT2D eigenvalue weighted by Gasteiger charge is 2.78. The predicted octanol–water partition coefficient (Wildman–Crippen LogP) is 1.43. The lowest BCUT2D eigenvalue weighted by Gasteiger charge is -2.65. The average Bonchev–Trinajstić information content (AvgIpc) is 3.50. The van der Waals surface area contributed by atoms with Gasteiger partial charge in [-0.15, -0.1) is 0 Å². The zero-order valence-electron chi connectivity index (χ0n) is 22.4. The van der Waals surface area contributed by atoms with Gasteiger partial charge in [-0.1, -0.05) is 27.7 Å². The second-order valence-electron chi connectivity index (χ2n) is 14.4. The first-order chi connectivity index (χ1) is 17.1. The van der Waals surface area contributed by atoms with Crippen molar-refractivity contribution in [1.29, 1.82) is 0 Å². The van der Waals surface area contributed by atoms with E-state index in [-0.39, 0.29) is 47.6 Å². The highest BCUT2D eigenvalue weighted by Crippen LogP contribution is 2.75. The number of ketones is 1. The minimum absolute atomic E-state index is 0.00178. The van der Waals surface area contributed by atoms with Crippen molar-refractivity contribution >= 4 is 11.8 Å². The van der Waals surface area contributed by atoms with Crippen molar-refractivity contribution in [3.63, 3.8) is 0 Å². The Morgan fingerprint density at radius 1 is 0.946 bits per heavy atom. The lowest BCUT2D eigenvalue weighted by atomic mass is 9.40. The van der Waals surface area contributed by atoms with Crippen LogP contribution >= 0.6 is 0 Å². The fourth-order valence-corrected chi connectivity index (χ4v) is 11.2. The van der Waals surface area contributed by atoms with Gasteiger partial charge in [-0.25, -0.2) is 4.79 Å². The van der Waals surface area contributed by atoms with Crippen molar-refractivity contribution < 1.29 is 39.5 Å². The molecule has 204 valence electrons. The number of carbonyl (C=O) groups is 2. The maximum absolute atomic E-state index is 13.8. The summed E-state index contributed by atoms with van der Waals surface area (Å²) in [5.74, 6) is -2.44. The Bertz CT molecular complexity index is 1130. The van der Waals surface area contributed by atoms with E-state index in [2.05, 4.69) is 20.8 Å². The average molecular weight is 517 g/mol. The highest BCUT2D eigenvalue weighted by atomic mass is 16.6. The molecule has 4 unspecified atom stereocenters. The van der Waals surface area contributed by atoms with E-state index in [0.29, 0.717) is 18.6 Å².